The van der Waals surface area contributed by atoms with Gasteiger partial charge in [0.15, 0.2) is 9.84 Å². The van der Waals surface area contributed by atoms with E-state index in [1.54, 1.807) is 0 Å². The molecule has 2 aliphatic heterocycles. The fraction of sp³-hybridized carbons (Fsp3) is 0.600. The van der Waals surface area contributed by atoms with Crippen molar-refractivity contribution in [3.05, 3.63) is 29.3 Å². The second-order valence-corrected chi connectivity index (χ2v) is 10.6. The van der Waals surface area contributed by atoms with Crippen molar-refractivity contribution in [1.29, 1.82) is 0 Å². The molecule has 1 aromatic carbocycles. The average molecular weight is 421 g/mol. The van der Waals surface area contributed by atoms with Gasteiger partial charge in [-0.1, -0.05) is 6.07 Å². The number of amidine groups is 1. The van der Waals surface area contributed by atoms with Gasteiger partial charge in [-0.2, -0.15) is 0 Å². The van der Waals surface area contributed by atoms with E-state index < -0.39 is 9.84 Å². The molecule has 1 aliphatic carbocycles. The van der Waals surface area contributed by atoms with Crippen LogP contribution in [0.5, 0.6) is 0 Å². The van der Waals surface area contributed by atoms with Gasteiger partial charge in [0.05, 0.1) is 17.2 Å². The molecule has 0 aromatic heterocycles. The molecule has 4 rings (SSSR count). The highest BCUT2D eigenvalue weighted by atomic mass is 32.2. The third kappa shape index (κ3) is 4.90. The number of fused-ring (bicyclic) bond motifs is 1. The number of aliphatic imine (C=N–C) groups is 1. The normalized spacial score (nSPS) is 29.1. The zero-order chi connectivity index (χ0) is 20.6. The number of nitrogens with zero attached hydrogens (tertiary/aromatic N) is 1. The second-order valence-electron chi connectivity index (χ2n) is 8.52. The molecule has 3 N–H and O–H groups in total. The van der Waals surface area contributed by atoms with Crippen LogP contribution < -0.4 is 16.2 Å². The Hall–Kier alpha value is -2.13. The summed E-state index contributed by atoms with van der Waals surface area (Å²) in [5.41, 5.74) is 8.96. The van der Waals surface area contributed by atoms with Crippen molar-refractivity contribution < 1.29 is 17.9 Å². The van der Waals surface area contributed by atoms with Crippen LogP contribution in [0.25, 0.3) is 0 Å². The molecule has 3 atom stereocenters. The predicted octanol–water partition coefficient (Wildman–Crippen LogP) is 2.31. The molecule has 1 unspecified atom stereocenters. The van der Waals surface area contributed by atoms with Crippen molar-refractivity contribution in [2.75, 3.05) is 0 Å². The number of benzene rings is 1. The van der Waals surface area contributed by atoms with Crippen LogP contribution in [0.2, 0.25) is 0 Å². The third-order valence-electron chi connectivity index (χ3n) is 5.69. The summed E-state index contributed by atoms with van der Waals surface area (Å²) in [7, 11) is -3.01. The number of alkyl carbamates (subject to hydrolysis) is 1. The maximum absolute atomic E-state index is 11.8. The first-order valence-electron chi connectivity index (χ1n) is 10.2. The van der Waals surface area contributed by atoms with E-state index in [-0.39, 0.29) is 35.8 Å². The van der Waals surface area contributed by atoms with E-state index in [1.807, 2.05) is 32.0 Å². The molecule has 158 valence electrons. The number of nitrogens with one attached hydrogen (secondary N) is 3. The van der Waals surface area contributed by atoms with Crippen LogP contribution >= 0.6 is 0 Å². The summed E-state index contributed by atoms with van der Waals surface area (Å²) in [4.78, 5) is 16.5. The van der Waals surface area contributed by atoms with Gasteiger partial charge in [0.1, 0.15) is 11.9 Å². The van der Waals surface area contributed by atoms with Gasteiger partial charge in [0, 0.05) is 18.5 Å². The largest absolute Gasteiger partial charge is 0.446 e. The van der Waals surface area contributed by atoms with Crippen molar-refractivity contribution in [1.82, 2.24) is 16.2 Å². The Morgan fingerprint density at radius 3 is 2.83 bits per heavy atom. The third-order valence-corrected chi connectivity index (χ3v) is 7.20. The number of hydrazine groups is 1. The topological polar surface area (TPSA) is 109 Å². The second kappa shape index (κ2) is 7.95. The van der Waals surface area contributed by atoms with Crippen molar-refractivity contribution in [2.45, 2.75) is 69.2 Å². The summed E-state index contributed by atoms with van der Waals surface area (Å²) in [5, 5.41) is 2.77. The zero-order valence-electron chi connectivity index (χ0n) is 16.8. The maximum atomic E-state index is 11.8. The zero-order valence-corrected chi connectivity index (χ0v) is 17.6. The van der Waals surface area contributed by atoms with E-state index in [1.165, 1.54) is 0 Å². The Labute approximate surface area is 171 Å². The molecule has 29 heavy (non-hydrogen) atoms. The fourth-order valence-corrected chi connectivity index (χ4v) is 5.95. The number of carbonyl (C=O) groups excluding carboxylic acids is 1. The van der Waals surface area contributed by atoms with Crippen molar-refractivity contribution in [2.24, 2.45) is 10.9 Å². The van der Waals surface area contributed by atoms with Crippen LogP contribution in [0, 0.1) is 5.92 Å². The maximum Gasteiger partial charge on any atom is 0.407 e. The van der Waals surface area contributed by atoms with Crippen LogP contribution in [0.4, 0.5) is 10.5 Å². The molecule has 1 amide bonds. The SMILES string of the molecule is CC(C)NC(=O)O[C@@H]1CC[C@H](C2CC(=Nc3ccc4c(c3)CS(=O)(=O)C4)NN2)C1. The Morgan fingerprint density at radius 2 is 2.03 bits per heavy atom. The molecular weight excluding hydrogens is 392 g/mol. The van der Waals surface area contributed by atoms with Gasteiger partial charge in [0.2, 0.25) is 0 Å². The minimum absolute atomic E-state index is 0.0415. The van der Waals surface area contributed by atoms with Crippen LogP contribution in [0.1, 0.15) is 50.7 Å². The van der Waals surface area contributed by atoms with E-state index >= 15 is 0 Å². The molecule has 0 bridgehead atoms. The summed E-state index contributed by atoms with van der Waals surface area (Å²) in [6.07, 6.45) is 3.10. The smallest absolute Gasteiger partial charge is 0.407 e. The number of sulfone groups is 1. The fourth-order valence-electron chi connectivity index (χ4n) is 4.35. The minimum atomic E-state index is -3.01. The Morgan fingerprint density at radius 1 is 1.24 bits per heavy atom. The van der Waals surface area contributed by atoms with Crippen molar-refractivity contribution in [3.8, 4) is 0 Å². The van der Waals surface area contributed by atoms with E-state index in [4.69, 9.17) is 4.74 Å². The molecule has 3 aliphatic rings. The Balaban J connectivity index is 1.33. The van der Waals surface area contributed by atoms with Crippen LogP contribution in [-0.4, -0.2) is 38.5 Å². The summed E-state index contributed by atoms with van der Waals surface area (Å²) in [6, 6.07) is 5.91. The Bertz CT molecular complexity index is 928. The molecule has 1 aromatic rings. The average Bonchev–Trinajstić information content (AvgIpc) is 3.31. The lowest BCUT2D eigenvalue weighted by atomic mass is 9.96. The van der Waals surface area contributed by atoms with Gasteiger partial charge >= 0.3 is 6.09 Å². The summed E-state index contributed by atoms with van der Waals surface area (Å²) < 4.78 is 29.1. The van der Waals surface area contributed by atoms with Gasteiger partial charge < -0.3 is 15.5 Å². The predicted molar refractivity (Wildman–Crippen MR) is 110 cm³/mol. The first-order valence-corrected chi connectivity index (χ1v) is 12.0. The van der Waals surface area contributed by atoms with Gasteiger partial charge in [0.25, 0.3) is 0 Å². The molecular formula is C20H28N4O4S. The monoisotopic (exact) mass is 420 g/mol. The highest BCUT2D eigenvalue weighted by Crippen LogP contribution is 2.33. The first-order chi connectivity index (χ1) is 13.8. The standard InChI is InChI=1S/C20H28N4O4S/c1-12(2)21-20(25)28-17-6-4-13(8-17)18-9-19(24-23-18)22-16-5-3-14-10-29(26,27)11-15(14)7-16/h3,5,7,12-13,17-18,23H,4,6,8-11H2,1-2H3,(H,21,25)(H,22,24)/t13-,17+,18?/m0/s1. The van der Waals surface area contributed by atoms with Crippen LogP contribution in [0.3, 0.4) is 0 Å². The summed E-state index contributed by atoms with van der Waals surface area (Å²) >= 11 is 0. The molecule has 2 fully saturated rings. The highest BCUT2D eigenvalue weighted by Gasteiger charge is 2.36. The number of ether oxygens (including phenoxy) is 1. The van der Waals surface area contributed by atoms with Crippen LogP contribution in [-0.2, 0) is 26.1 Å². The molecule has 8 nitrogen and oxygen atoms in total. The van der Waals surface area contributed by atoms with E-state index in [2.05, 4.69) is 21.2 Å². The highest BCUT2D eigenvalue weighted by molar-refractivity contribution is 7.90. The molecule has 0 radical (unpaired) electrons. The van der Waals surface area contributed by atoms with Gasteiger partial charge in [-0.05, 0) is 62.3 Å². The molecule has 1 saturated heterocycles. The summed E-state index contributed by atoms with van der Waals surface area (Å²) in [5.74, 6) is 1.49. The number of hydrogen-bond acceptors (Lipinski definition) is 6. The van der Waals surface area contributed by atoms with Crippen molar-refractivity contribution in [3.63, 3.8) is 0 Å². The molecule has 1 saturated carbocycles. The lowest BCUT2D eigenvalue weighted by Crippen LogP contribution is -2.36. The first kappa shape index (κ1) is 20.2. The molecule has 9 heteroatoms. The quantitative estimate of drug-likeness (QED) is 0.690. The van der Waals surface area contributed by atoms with E-state index in [0.717, 1.165) is 48.3 Å². The van der Waals surface area contributed by atoms with Crippen molar-refractivity contribution >= 4 is 27.5 Å². The minimum Gasteiger partial charge on any atom is -0.446 e. The van der Waals surface area contributed by atoms with Crippen LogP contribution in [0.15, 0.2) is 23.2 Å². The molecule has 2 heterocycles. The van der Waals surface area contributed by atoms with Gasteiger partial charge in [-0.25, -0.2) is 23.6 Å². The Kier molecular flexibility index (Phi) is 5.52. The number of rotatable bonds is 4. The number of amides is 1. The summed E-state index contributed by atoms with van der Waals surface area (Å²) in [6.45, 7) is 3.82. The number of carbonyl (C=O) groups is 1. The van der Waals surface area contributed by atoms with E-state index in [9.17, 15) is 13.2 Å². The van der Waals surface area contributed by atoms with Gasteiger partial charge in [-0.3, -0.25) is 0 Å². The molecule has 0 spiro atoms. The lowest BCUT2D eigenvalue weighted by molar-refractivity contribution is 0.0956. The lowest BCUT2D eigenvalue weighted by Gasteiger charge is -2.18. The van der Waals surface area contributed by atoms with E-state index in [0.29, 0.717) is 5.92 Å². The van der Waals surface area contributed by atoms with Gasteiger partial charge in [-0.15, -0.1) is 0 Å². The number of hydrogen-bond donors (Lipinski definition) is 3.